The Labute approximate surface area is 177 Å². The smallest absolute Gasteiger partial charge is 0.212 e. The highest BCUT2D eigenvalue weighted by Crippen LogP contribution is 2.28. The first-order valence-corrected chi connectivity index (χ1v) is 11.3. The van der Waals surface area contributed by atoms with E-state index in [9.17, 15) is 18.3 Å². The number of nitrogens with two attached hydrogens (primary N) is 1. The molecule has 0 saturated carbocycles. The molecule has 0 aliphatic rings. The minimum absolute atomic E-state index is 0.00982. The van der Waals surface area contributed by atoms with Gasteiger partial charge in [-0.15, -0.1) is 0 Å². The van der Waals surface area contributed by atoms with Crippen LogP contribution in [0.2, 0.25) is 0 Å². The highest BCUT2D eigenvalue weighted by molar-refractivity contribution is 7.89. The Balaban J connectivity index is 1.98. The van der Waals surface area contributed by atoms with Crippen molar-refractivity contribution in [2.24, 2.45) is 12.2 Å². The van der Waals surface area contributed by atoms with Gasteiger partial charge >= 0.3 is 0 Å². The molecule has 0 radical (unpaired) electrons. The van der Waals surface area contributed by atoms with Crippen molar-refractivity contribution in [2.45, 2.75) is 25.9 Å². The van der Waals surface area contributed by atoms with Gasteiger partial charge in [-0.25, -0.2) is 13.6 Å². The van der Waals surface area contributed by atoms with Crippen molar-refractivity contribution in [3.8, 4) is 0 Å². The van der Waals surface area contributed by atoms with E-state index in [-0.39, 0.29) is 12.2 Å². The Kier molecular flexibility index (Phi) is 5.99. The van der Waals surface area contributed by atoms with Crippen LogP contribution in [0.1, 0.15) is 38.4 Å². The number of rotatable bonds is 7. The normalized spacial score (nSPS) is 13.8. The number of carbonyl (C=O) groups excluding carboxylic acids is 1. The number of carbonyl (C=O) groups is 1. The van der Waals surface area contributed by atoms with Crippen LogP contribution in [-0.2, 0) is 29.1 Å². The van der Waals surface area contributed by atoms with Gasteiger partial charge in [0.1, 0.15) is 5.60 Å². The summed E-state index contributed by atoms with van der Waals surface area (Å²) in [6.07, 6.45) is -0.00982. The molecule has 0 amide bonds. The predicted molar refractivity (Wildman–Crippen MR) is 117 cm³/mol. The maximum Gasteiger partial charge on any atom is 0.212 e. The van der Waals surface area contributed by atoms with Crippen LogP contribution in [-0.4, -0.2) is 29.6 Å². The van der Waals surface area contributed by atoms with Gasteiger partial charge in [-0.1, -0.05) is 54.1 Å². The zero-order valence-electron chi connectivity index (χ0n) is 17.3. The summed E-state index contributed by atoms with van der Waals surface area (Å²) in [5, 5.41) is 16.5. The third-order valence-corrected chi connectivity index (χ3v) is 6.19. The van der Waals surface area contributed by atoms with Gasteiger partial charge in [-0.2, -0.15) is 0 Å². The molecule has 2 aromatic carbocycles. The van der Waals surface area contributed by atoms with E-state index in [4.69, 9.17) is 5.14 Å². The number of aromatic nitrogens is 1. The summed E-state index contributed by atoms with van der Waals surface area (Å²) in [5.74, 6) is -0.758. The molecule has 158 valence electrons. The number of ketones is 1. The van der Waals surface area contributed by atoms with E-state index in [2.05, 4.69) is 0 Å². The lowest BCUT2D eigenvalue weighted by Gasteiger charge is -2.28. The summed E-state index contributed by atoms with van der Waals surface area (Å²) in [6.45, 7) is 3.86. The topological polar surface area (TPSA) is 102 Å². The fourth-order valence-electron chi connectivity index (χ4n) is 3.78. The number of nitrogens with zero attached hydrogens (tertiary/aromatic N) is 1. The first-order valence-electron chi connectivity index (χ1n) is 9.55. The summed E-state index contributed by atoms with van der Waals surface area (Å²) < 4.78 is 25.3. The highest BCUT2D eigenvalue weighted by Gasteiger charge is 2.35. The average molecular weight is 427 g/mol. The summed E-state index contributed by atoms with van der Waals surface area (Å²) in [5.41, 5.74) is 2.38. The second kappa shape index (κ2) is 8.18. The Morgan fingerprint density at radius 1 is 1.07 bits per heavy atom. The van der Waals surface area contributed by atoms with Crippen molar-refractivity contribution in [2.75, 3.05) is 5.75 Å². The van der Waals surface area contributed by atoms with Gasteiger partial charge in [0.05, 0.1) is 11.4 Å². The van der Waals surface area contributed by atoms with E-state index in [0.29, 0.717) is 22.5 Å². The molecule has 3 rings (SSSR count). The van der Waals surface area contributed by atoms with Crippen molar-refractivity contribution >= 4 is 15.8 Å². The quantitative estimate of drug-likeness (QED) is 0.567. The Bertz CT molecular complexity index is 1180. The summed E-state index contributed by atoms with van der Waals surface area (Å²) in [7, 11) is -2.22. The van der Waals surface area contributed by atoms with Crippen LogP contribution in [0.3, 0.4) is 0 Å². The van der Waals surface area contributed by atoms with Gasteiger partial charge in [0.15, 0.2) is 0 Å². The lowest BCUT2D eigenvalue weighted by atomic mass is 9.91. The number of benzene rings is 2. The molecule has 7 heteroatoms. The molecule has 3 aromatic rings. The molecule has 0 saturated heterocycles. The van der Waals surface area contributed by atoms with E-state index in [1.54, 1.807) is 60.1 Å². The molecule has 1 aromatic heterocycles. The van der Waals surface area contributed by atoms with E-state index in [1.807, 2.05) is 26.0 Å². The monoisotopic (exact) mass is 426 g/mol. The van der Waals surface area contributed by atoms with Gasteiger partial charge < -0.3 is 9.67 Å². The van der Waals surface area contributed by atoms with E-state index in [0.717, 1.165) is 11.1 Å². The molecular formula is C23H26N2O4S. The Morgan fingerprint density at radius 3 is 2.33 bits per heavy atom. The predicted octanol–water partition coefficient (Wildman–Crippen LogP) is 2.59. The zero-order valence-corrected chi connectivity index (χ0v) is 18.1. The SMILES string of the molecule is Cc1ccc(C(=O)c2ccc(CC(O)(CS(N)(=O)=O)c3ccccc3)n2C)c(C)c1. The Morgan fingerprint density at radius 2 is 1.73 bits per heavy atom. The van der Waals surface area contributed by atoms with Gasteiger partial charge in [-0.3, -0.25) is 4.79 Å². The van der Waals surface area contributed by atoms with Crippen molar-refractivity contribution in [1.82, 2.24) is 4.57 Å². The van der Waals surface area contributed by atoms with Gasteiger partial charge in [-0.05, 0) is 37.1 Å². The largest absolute Gasteiger partial charge is 0.384 e. The molecular weight excluding hydrogens is 400 g/mol. The minimum Gasteiger partial charge on any atom is -0.384 e. The second-order valence-corrected chi connectivity index (χ2v) is 9.41. The molecule has 0 aliphatic heterocycles. The van der Waals surface area contributed by atoms with Gasteiger partial charge in [0, 0.05) is 24.7 Å². The lowest BCUT2D eigenvalue weighted by molar-refractivity contribution is 0.0592. The lowest BCUT2D eigenvalue weighted by Crippen LogP contribution is -2.39. The molecule has 1 unspecified atom stereocenters. The Hall–Kier alpha value is -2.74. The molecule has 30 heavy (non-hydrogen) atoms. The van der Waals surface area contributed by atoms with E-state index < -0.39 is 21.4 Å². The summed E-state index contributed by atoms with van der Waals surface area (Å²) in [4.78, 5) is 13.1. The second-order valence-electron chi connectivity index (χ2n) is 7.80. The van der Waals surface area contributed by atoms with E-state index >= 15 is 0 Å². The fraction of sp³-hybridized carbons (Fsp3) is 0.261. The number of aliphatic hydroxyl groups is 1. The maximum atomic E-state index is 13.1. The van der Waals surface area contributed by atoms with Crippen LogP contribution >= 0.6 is 0 Å². The van der Waals surface area contributed by atoms with Gasteiger partial charge in [0.25, 0.3) is 0 Å². The summed E-state index contributed by atoms with van der Waals surface area (Å²) in [6, 6.07) is 17.6. The van der Waals surface area contributed by atoms with E-state index in [1.165, 1.54) is 0 Å². The molecule has 0 aliphatic carbocycles. The average Bonchev–Trinajstić information content (AvgIpc) is 3.00. The number of aryl methyl sites for hydroxylation is 2. The molecule has 3 N–H and O–H groups in total. The van der Waals surface area contributed by atoms with Crippen LogP contribution in [0.4, 0.5) is 0 Å². The molecule has 1 atom stereocenters. The van der Waals surface area contributed by atoms with Crippen LogP contribution in [0.25, 0.3) is 0 Å². The van der Waals surface area contributed by atoms with Gasteiger partial charge in [0.2, 0.25) is 15.8 Å². The third-order valence-electron chi connectivity index (χ3n) is 5.31. The van der Waals surface area contributed by atoms with Crippen molar-refractivity contribution in [3.05, 3.63) is 94.3 Å². The minimum atomic E-state index is -3.95. The number of primary sulfonamides is 1. The first kappa shape index (κ1) is 22.0. The van der Waals surface area contributed by atoms with Crippen LogP contribution in [0.15, 0.2) is 60.7 Å². The van der Waals surface area contributed by atoms with Crippen LogP contribution in [0.5, 0.6) is 0 Å². The van der Waals surface area contributed by atoms with Crippen molar-refractivity contribution in [1.29, 1.82) is 0 Å². The summed E-state index contributed by atoms with van der Waals surface area (Å²) >= 11 is 0. The van der Waals surface area contributed by atoms with Crippen molar-refractivity contribution in [3.63, 3.8) is 0 Å². The van der Waals surface area contributed by atoms with Crippen LogP contribution in [0, 0.1) is 13.8 Å². The fourth-order valence-corrected chi connectivity index (χ4v) is 4.72. The standard InChI is InChI=1S/C23H26N2O4S/c1-16-9-11-20(17(2)13-16)22(26)21-12-10-19(25(21)3)14-23(27,15-30(24,28)29)18-7-5-4-6-8-18/h4-13,27H,14-15H2,1-3H3,(H2,24,28,29). The zero-order chi connectivity index (χ0) is 22.1. The van der Waals surface area contributed by atoms with Crippen molar-refractivity contribution < 1.29 is 18.3 Å². The highest BCUT2D eigenvalue weighted by atomic mass is 32.2. The van der Waals surface area contributed by atoms with Crippen LogP contribution < -0.4 is 5.14 Å². The maximum absolute atomic E-state index is 13.1. The molecule has 0 spiro atoms. The number of sulfonamides is 1. The number of hydrogen-bond acceptors (Lipinski definition) is 4. The molecule has 6 nitrogen and oxygen atoms in total. The molecule has 0 bridgehead atoms. The number of hydrogen-bond donors (Lipinski definition) is 2. The molecule has 0 fully saturated rings. The third kappa shape index (κ3) is 4.70. The molecule has 1 heterocycles. The first-order chi connectivity index (χ1) is 14.0.